The van der Waals surface area contributed by atoms with Gasteiger partial charge in [-0.15, -0.1) is 0 Å². The first-order chi connectivity index (χ1) is 15.9. The maximum absolute atomic E-state index is 12.8. The number of aryl methyl sites for hydroxylation is 1. The lowest BCUT2D eigenvalue weighted by atomic mass is 10.1. The van der Waals surface area contributed by atoms with Gasteiger partial charge < -0.3 is 10.1 Å². The van der Waals surface area contributed by atoms with Gasteiger partial charge in [-0.25, -0.2) is 0 Å². The number of nitrogens with zero attached hydrogens (tertiary/aromatic N) is 2. The predicted molar refractivity (Wildman–Crippen MR) is 133 cm³/mol. The average molecular weight is 501 g/mol. The molecular weight excluding hydrogens is 481 g/mol. The Morgan fingerprint density at radius 2 is 1.73 bits per heavy atom. The fourth-order valence-corrected chi connectivity index (χ4v) is 3.81. The molecule has 0 bridgehead atoms. The van der Waals surface area contributed by atoms with Crippen LogP contribution in [-0.4, -0.2) is 15.7 Å². The number of ether oxygens (including phenoxy) is 1. The highest BCUT2D eigenvalue weighted by molar-refractivity contribution is 6.33. The number of rotatable bonds is 7. The van der Waals surface area contributed by atoms with E-state index in [4.69, 9.17) is 39.5 Å². The first-order valence-electron chi connectivity index (χ1n) is 10.1. The minimum atomic E-state index is -0.307. The molecule has 0 atom stereocenters. The fraction of sp³-hybridized carbons (Fsp3) is 0.120. The van der Waals surface area contributed by atoms with E-state index in [0.29, 0.717) is 39.6 Å². The third-order valence-electron chi connectivity index (χ3n) is 4.93. The molecule has 0 spiro atoms. The van der Waals surface area contributed by atoms with Gasteiger partial charge in [0, 0.05) is 21.8 Å². The lowest BCUT2D eigenvalue weighted by Crippen LogP contribution is -2.13. The van der Waals surface area contributed by atoms with Crippen LogP contribution in [0.4, 0.5) is 5.82 Å². The van der Waals surface area contributed by atoms with Crippen molar-refractivity contribution in [2.24, 2.45) is 0 Å². The lowest BCUT2D eigenvalue weighted by Gasteiger charge is -2.10. The van der Waals surface area contributed by atoms with Gasteiger partial charge in [0.2, 0.25) is 0 Å². The molecule has 4 aromatic rings. The molecule has 3 aromatic carbocycles. The van der Waals surface area contributed by atoms with Crippen molar-refractivity contribution in [1.82, 2.24) is 9.78 Å². The standard InChI is InChI=1S/C25H20Cl3N3O2/c1-16-11-21(27)9-10-23(16)33-15-18-3-2-4-19(12-18)25(32)29-24-22(28)14-31(30-24)13-17-5-7-20(26)8-6-17/h2-12,14H,13,15H2,1H3,(H,29,30,32). The number of hydrogen-bond acceptors (Lipinski definition) is 3. The first-order valence-corrected chi connectivity index (χ1v) is 11.3. The number of halogens is 3. The molecule has 0 aliphatic rings. The molecule has 1 aromatic heterocycles. The van der Waals surface area contributed by atoms with E-state index in [2.05, 4.69) is 10.4 Å². The summed E-state index contributed by atoms with van der Waals surface area (Å²) in [6, 6.07) is 20.1. The molecule has 0 saturated heterocycles. The van der Waals surface area contributed by atoms with Crippen LogP contribution in [0.1, 0.15) is 27.0 Å². The van der Waals surface area contributed by atoms with Crippen LogP contribution >= 0.6 is 34.8 Å². The molecule has 8 heteroatoms. The largest absolute Gasteiger partial charge is 0.489 e. The zero-order valence-electron chi connectivity index (χ0n) is 17.7. The molecule has 0 aliphatic carbocycles. The highest BCUT2D eigenvalue weighted by Crippen LogP contribution is 2.24. The van der Waals surface area contributed by atoms with E-state index < -0.39 is 0 Å². The van der Waals surface area contributed by atoms with Crippen LogP contribution in [0.2, 0.25) is 15.1 Å². The molecule has 33 heavy (non-hydrogen) atoms. The number of hydrogen-bond donors (Lipinski definition) is 1. The second-order valence-electron chi connectivity index (χ2n) is 7.50. The van der Waals surface area contributed by atoms with E-state index in [1.165, 1.54) is 0 Å². The van der Waals surface area contributed by atoms with Crippen molar-refractivity contribution in [3.05, 3.63) is 110 Å². The Bertz CT molecular complexity index is 1290. The quantitative estimate of drug-likeness (QED) is 0.296. The number of aromatic nitrogens is 2. The van der Waals surface area contributed by atoms with Crippen molar-refractivity contribution in [1.29, 1.82) is 0 Å². The first kappa shape index (κ1) is 23.2. The zero-order chi connectivity index (χ0) is 23.4. The molecule has 0 fully saturated rings. The van der Waals surface area contributed by atoms with E-state index in [0.717, 1.165) is 22.4 Å². The smallest absolute Gasteiger partial charge is 0.256 e. The Labute approximate surface area is 206 Å². The Hall–Kier alpha value is -2.99. The maximum Gasteiger partial charge on any atom is 0.256 e. The van der Waals surface area contributed by atoms with Crippen molar-refractivity contribution in [2.45, 2.75) is 20.1 Å². The van der Waals surface area contributed by atoms with E-state index in [1.54, 1.807) is 29.1 Å². The normalized spacial score (nSPS) is 10.8. The summed E-state index contributed by atoms with van der Waals surface area (Å²) in [4.78, 5) is 12.8. The molecule has 0 aliphatic heterocycles. The molecule has 1 amide bonds. The Morgan fingerprint density at radius 1 is 0.970 bits per heavy atom. The van der Waals surface area contributed by atoms with Crippen LogP contribution in [-0.2, 0) is 13.2 Å². The summed E-state index contributed by atoms with van der Waals surface area (Å²) in [6.07, 6.45) is 1.67. The molecule has 1 N–H and O–H groups in total. The maximum atomic E-state index is 12.8. The van der Waals surface area contributed by atoms with Crippen LogP contribution in [0.15, 0.2) is 72.9 Å². The summed E-state index contributed by atoms with van der Waals surface area (Å²) in [5.41, 5.74) is 3.30. The van der Waals surface area contributed by atoms with Gasteiger partial charge in [0.15, 0.2) is 5.82 Å². The Balaban J connectivity index is 1.41. The summed E-state index contributed by atoms with van der Waals surface area (Å²) in [5, 5.41) is 8.86. The third-order valence-corrected chi connectivity index (χ3v) is 5.69. The highest BCUT2D eigenvalue weighted by atomic mass is 35.5. The van der Waals surface area contributed by atoms with Gasteiger partial charge in [0.1, 0.15) is 17.4 Å². The molecule has 1 heterocycles. The summed E-state index contributed by atoms with van der Waals surface area (Å²) in [5.74, 6) is 0.736. The van der Waals surface area contributed by atoms with Crippen LogP contribution in [0.5, 0.6) is 5.75 Å². The van der Waals surface area contributed by atoms with Gasteiger partial charge in [-0.1, -0.05) is 59.1 Å². The highest BCUT2D eigenvalue weighted by Gasteiger charge is 2.13. The number of benzene rings is 3. The van der Waals surface area contributed by atoms with Crippen LogP contribution in [0, 0.1) is 6.92 Å². The molecular formula is C25H20Cl3N3O2. The number of carbonyl (C=O) groups is 1. The number of amides is 1. The van der Waals surface area contributed by atoms with Crippen LogP contribution < -0.4 is 10.1 Å². The molecule has 0 radical (unpaired) electrons. The van der Waals surface area contributed by atoms with Gasteiger partial charge in [-0.2, -0.15) is 5.10 Å². The lowest BCUT2D eigenvalue weighted by molar-refractivity contribution is 0.102. The van der Waals surface area contributed by atoms with E-state index in [-0.39, 0.29) is 5.91 Å². The number of anilines is 1. The second-order valence-corrected chi connectivity index (χ2v) is 8.78. The van der Waals surface area contributed by atoms with E-state index >= 15 is 0 Å². The molecule has 0 unspecified atom stereocenters. The third kappa shape index (κ3) is 6.08. The summed E-state index contributed by atoms with van der Waals surface area (Å²) in [6.45, 7) is 2.75. The van der Waals surface area contributed by atoms with Gasteiger partial charge >= 0.3 is 0 Å². The average Bonchev–Trinajstić information content (AvgIpc) is 3.13. The minimum absolute atomic E-state index is 0.300. The SMILES string of the molecule is Cc1cc(Cl)ccc1OCc1cccc(C(=O)Nc2nn(Cc3ccc(Cl)cc3)cc2Cl)c1. The second kappa shape index (κ2) is 10.3. The predicted octanol–water partition coefficient (Wildman–Crippen LogP) is 7.03. The van der Waals surface area contributed by atoms with E-state index in [1.807, 2.05) is 55.5 Å². The summed E-state index contributed by atoms with van der Waals surface area (Å²) < 4.78 is 7.55. The zero-order valence-corrected chi connectivity index (χ0v) is 20.0. The topological polar surface area (TPSA) is 56.1 Å². The van der Waals surface area contributed by atoms with Crippen molar-refractivity contribution < 1.29 is 9.53 Å². The van der Waals surface area contributed by atoms with Gasteiger partial charge in [0.05, 0.1) is 6.54 Å². The Morgan fingerprint density at radius 3 is 2.48 bits per heavy atom. The van der Waals surface area contributed by atoms with Gasteiger partial charge in [-0.3, -0.25) is 9.48 Å². The molecule has 4 rings (SSSR count). The van der Waals surface area contributed by atoms with E-state index in [9.17, 15) is 4.79 Å². The van der Waals surface area contributed by atoms with Crippen molar-refractivity contribution in [3.63, 3.8) is 0 Å². The van der Waals surface area contributed by atoms with Crippen molar-refractivity contribution in [3.8, 4) is 5.75 Å². The summed E-state index contributed by atoms with van der Waals surface area (Å²) >= 11 is 18.2. The van der Waals surface area contributed by atoms with Crippen molar-refractivity contribution >= 4 is 46.5 Å². The summed E-state index contributed by atoms with van der Waals surface area (Å²) in [7, 11) is 0. The molecule has 5 nitrogen and oxygen atoms in total. The molecule has 0 saturated carbocycles. The fourth-order valence-electron chi connectivity index (χ4n) is 3.26. The van der Waals surface area contributed by atoms with Crippen molar-refractivity contribution in [2.75, 3.05) is 5.32 Å². The van der Waals surface area contributed by atoms with Gasteiger partial charge in [0.25, 0.3) is 5.91 Å². The number of carbonyl (C=O) groups excluding carboxylic acids is 1. The Kier molecular flexibility index (Phi) is 7.23. The molecule has 168 valence electrons. The minimum Gasteiger partial charge on any atom is -0.489 e. The monoisotopic (exact) mass is 499 g/mol. The van der Waals surface area contributed by atoms with Gasteiger partial charge in [-0.05, 0) is 66.1 Å². The van der Waals surface area contributed by atoms with Crippen LogP contribution in [0.3, 0.4) is 0 Å². The number of nitrogens with one attached hydrogen (secondary N) is 1. The van der Waals surface area contributed by atoms with Crippen LogP contribution in [0.25, 0.3) is 0 Å².